The monoisotopic (exact) mass is 282 g/mol. The van der Waals surface area contributed by atoms with E-state index in [0.717, 1.165) is 5.57 Å². The van der Waals surface area contributed by atoms with E-state index in [1.54, 1.807) is 12.5 Å². The first-order chi connectivity index (χ1) is 8.99. The molecule has 1 unspecified atom stereocenters. The van der Waals surface area contributed by atoms with Gasteiger partial charge in [0.25, 0.3) is 0 Å². The van der Waals surface area contributed by atoms with E-state index in [2.05, 4.69) is 4.99 Å². The molecule has 0 amide bonds. The van der Waals surface area contributed by atoms with E-state index < -0.39 is 11.9 Å². The number of aliphatic hydroxyl groups is 1. The van der Waals surface area contributed by atoms with Crippen LogP contribution in [-0.2, 0) is 0 Å². The van der Waals surface area contributed by atoms with Gasteiger partial charge in [0.1, 0.15) is 5.82 Å². The van der Waals surface area contributed by atoms with Crippen molar-refractivity contribution in [1.82, 2.24) is 4.90 Å². The molecule has 1 aromatic rings. The second-order valence-electron chi connectivity index (χ2n) is 4.74. The SMILES string of the molecule is CC1=CN=CN(C)[C@H]1CC(O)c1cc(Cl)ccc1F. The molecule has 3 nitrogen and oxygen atoms in total. The normalized spacial score (nSPS) is 20.4. The summed E-state index contributed by atoms with van der Waals surface area (Å²) in [6.07, 6.45) is 2.94. The average molecular weight is 283 g/mol. The molecule has 1 aromatic carbocycles. The van der Waals surface area contributed by atoms with Crippen LogP contribution in [-0.4, -0.2) is 29.4 Å². The van der Waals surface area contributed by atoms with E-state index in [4.69, 9.17) is 11.6 Å². The van der Waals surface area contributed by atoms with Crippen molar-refractivity contribution >= 4 is 17.9 Å². The van der Waals surface area contributed by atoms with Gasteiger partial charge >= 0.3 is 0 Å². The van der Waals surface area contributed by atoms with E-state index in [1.165, 1.54) is 18.2 Å². The summed E-state index contributed by atoms with van der Waals surface area (Å²) in [6, 6.07) is 4.22. The molecule has 0 fully saturated rings. The van der Waals surface area contributed by atoms with E-state index in [-0.39, 0.29) is 11.6 Å². The zero-order valence-corrected chi connectivity index (χ0v) is 11.6. The van der Waals surface area contributed by atoms with E-state index >= 15 is 0 Å². The number of hydrogen-bond acceptors (Lipinski definition) is 3. The second kappa shape index (κ2) is 5.72. The fourth-order valence-corrected chi connectivity index (χ4v) is 2.38. The van der Waals surface area contributed by atoms with Crippen LogP contribution in [0.25, 0.3) is 0 Å². The highest BCUT2D eigenvalue weighted by molar-refractivity contribution is 6.30. The third kappa shape index (κ3) is 3.14. The third-order valence-electron chi connectivity index (χ3n) is 3.31. The summed E-state index contributed by atoms with van der Waals surface area (Å²) in [5, 5.41) is 10.6. The Morgan fingerprint density at radius 3 is 2.95 bits per heavy atom. The Labute approximate surface area is 117 Å². The number of rotatable bonds is 3. The smallest absolute Gasteiger partial charge is 0.129 e. The molecular weight excluding hydrogens is 267 g/mol. The molecule has 0 saturated carbocycles. The Morgan fingerprint density at radius 1 is 1.53 bits per heavy atom. The fraction of sp³-hybridized carbons (Fsp3) is 0.357. The van der Waals surface area contributed by atoms with Gasteiger partial charge < -0.3 is 10.0 Å². The molecule has 0 radical (unpaired) electrons. The van der Waals surface area contributed by atoms with Crippen LogP contribution in [0.2, 0.25) is 5.02 Å². The van der Waals surface area contributed by atoms with Crippen LogP contribution in [0.1, 0.15) is 25.0 Å². The fourth-order valence-electron chi connectivity index (χ4n) is 2.20. The average Bonchev–Trinajstić information content (AvgIpc) is 2.37. The van der Waals surface area contributed by atoms with Gasteiger partial charge in [-0.25, -0.2) is 9.38 Å². The van der Waals surface area contributed by atoms with Gasteiger partial charge in [0.2, 0.25) is 0 Å². The summed E-state index contributed by atoms with van der Waals surface area (Å²) in [4.78, 5) is 5.97. The minimum atomic E-state index is -0.902. The van der Waals surface area contributed by atoms with Crippen molar-refractivity contribution < 1.29 is 9.50 Å². The molecule has 1 N–H and O–H groups in total. The first kappa shape index (κ1) is 14.0. The summed E-state index contributed by atoms with van der Waals surface area (Å²) in [7, 11) is 1.88. The number of likely N-dealkylation sites (N-methyl/N-ethyl adjacent to an activating group) is 1. The largest absolute Gasteiger partial charge is 0.388 e. The Morgan fingerprint density at radius 2 is 2.26 bits per heavy atom. The molecule has 2 atom stereocenters. The number of halogens is 2. The van der Waals surface area contributed by atoms with Crippen LogP contribution < -0.4 is 0 Å². The van der Waals surface area contributed by atoms with Gasteiger partial charge in [-0.05, 0) is 30.7 Å². The zero-order chi connectivity index (χ0) is 14.0. The molecule has 0 bridgehead atoms. The van der Waals surface area contributed by atoms with Gasteiger partial charge in [-0.3, -0.25) is 0 Å². The van der Waals surface area contributed by atoms with Gasteiger partial charge in [0, 0.05) is 30.3 Å². The second-order valence-corrected chi connectivity index (χ2v) is 5.17. The van der Waals surface area contributed by atoms with Crippen molar-refractivity contribution in [1.29, 1.82) is 0 Å². The lowest BCUT2D eigenvalue weighted by atomic mass is 9.96. The molecule has 19 heavy (non-hydrogen) atoms. The third-order valence-corrected chi connectivity index (χ3v) is 3.54. The highest BCUT2D eigenvalue weighted by Gasteiger charge is 2.23. The van der Waals surface area contributed by atoms with Gasteiger partial charge in [0.15, 0.2) is 0 Å². The molecule has 5 heteroatoms. The lowest BCUT2D eigenvalue weighted by Crippen LogP contribution is -2.34. The van der Waals surface area contributed by atoms with Crippen molar-refractivity contribution in [3.63, 3.8) is 0 Å². The maximum absolute atomic E-state index is 13.7. The van der Waals surface area contributed by atoms with Crippen LogP contribution in [0.15, 0.2) is 35.0 Å². The van der Waals surface area contributed by atoms with Gasteiger partial charge in [-0.2, -0.15) is 0 Å². The number of aliphatic hydroxyl groups excluding tert-OH is 1. The Hall–Kier alpha value is -1.39. The number of nitrogens with zero attached hydrogens (tertiary/aromatic N) is 2. The van der Waals surface area contributed by atoms with Gasteiger partial charge in [0.05, 0.1) is 18.5 Å². The summed E-state index contributed by atoms with van der Waals surface area (Å²) in [6.45, 7) is 1.94. The van der Waals surface area contributed by atoms with Gasteiger partial charge in [-0.15, -0.1) is 0 Å². The quantitative estimate of drug-likeness (QED) is 0.924. The maximum atomic E-state index is 13.7. The van der Waals surface area contributed by atoms with Gasteiger partial charge in [-0.1, -0.05) is 11.6 Å². The molecule has 0 saturated heterocycles. The standard InChI is InChI=1S/C14H16ClFN2O/c1-9-7-17-8-18(2)13(9)6-14(19)11-5-10(15)3-4-12(11)16/h3-5,7-8,13-14,19H,6H2,1-2H3/t13-,14?/m0/s1. The molecule has 1 aliphatic heterocycles. The van der Waals surface area contributed by atoms with Crippen molar-refractivity contribution in [2.24, 2.45) is 4.99 Å². The Balaban J connectivity index is 2.17. The highest BCUT2D eigenvalue weighted by Crippen LogP contribution is 2.28. The number of benzene rings is 1. The summed E-state index contributed by atoms with van der Waals surface area (Å²) in [5.74, 6) is -0.439. The number of hydrogen-bond donors (Lipinski definition) is 1. The summed E-state index contributed by atoms with van der Waals surface area (Å²) < 4.78 is 13.7. The summed E-state index contributed by atoms with van der Waals surface area (Å²) >= 11 is 5.84. The predicted octanol–water partition coefficient (Wildman–Crippen LogP) is 3.15. The first-order valence-electron chi connectivity index (χ1n) is 6.04. The predicted molar refractivity (Wildman–Crippen MR) is 74.8 cm³/mol. The van der Waals surface area contributed by atoms with Crippen molar-refractivity contribution in [3.05, 3.63) is 46.4 Å². The lowest BCUT2D eigenvalue weighted by Gasteiger charge is -2.31. The molecule has 0 spiro atoms. The molecule has 0 aromatic heterocycles. The van der Waals surface area contributed by atoms with Crippen LogP contribution >= 0.6 is 11.6 Å². The van der Waals surface area contributed by atoms with E-state index in [9.17, 15) is 9.50 Å². The van der Waals surface area contributed by atoms with E-state index in [1.807, 2.05) is 18.9 Å². The van der Waals surface area contributed by atoms with Crippen LogP contribution in [0.3, 0.4) is 0 Å². The molecule has 2 rings (SSSR count). The number of aliphatic imine (C=N–C) groups is 1. The molecule has 1 aliphatic rings. The Kier molecular flexibility index (Phi) is 4.22. The van der Waals surface area contributed by atoms with Crippen molar-refractivity contribution in [3.8, 4) is 0 Å². The molecular formula is C14H16ClFN2O. The lowest BCUT2D eigenvalue weighted by molar-refractivity contribution is 0.140. The molecule has 0 aliphatic carbocycles. The van der Waals surface area contributed by atoms with Crippen LogP contribution in [0.5, 0.6) is 0 Å². The highest BCUT2D eigenvalue weighted by atomic mass is 35.5. The first-order valence-corrected chi connectivity index (χ1v) is 6.41. The van der Waals surface area contributed by atoms with E-state index in [0.29, 0.717) is 11.4 Å². The Bertz CT molecular complexity index is 530. The van der Waals surface area contributed by atoms with Crippen molar-refractivity contribution in [2.45, 2.75) is 25.5 Å². The van der Waals surface area contributed by atoms with Crippen LogP contribution in [0, 0.1) is 5.82 Å². The van der Waals surface area contributed by atoms with Crippen molar-refractivity contribution in [2.75, 3.05) is 7.05 Å². The van der Waals surface area contributed by atoms with Crippen LogP contribution in [0.4, 0.5) is 4.39 Å². The zero-order valence-electron chi connectivity index (χ0n) is 10.8. The minimum absolute atomic E-state index is 0.00545. The molecule has 102 valence electrons. The molecule has 1 heterocycles. The summed E-state index contributed by atoms with van der Waals surface area (Å²) in [5.41, 5.74) is 1.27. The maximum Gasteiger partial charge on any atom is 0.129 e. The topological polar surface area (TPSA) is 35.8 Å². The minimum Gasteiger partial charge on any atom is -0.388 e.